The topological polar surface area (TPSA) is 24.5 Å². The maximum atomic E-state index is 5.49. The molecule has 0 amide bonds. The molecule has 0 aromatic rings. The number of methoxy groups -OCH3 is 1. The van der Waals surface area contributed by atoms with Crippen LogP contribution in [0.5, 0.6) is 0 Å². The SMILES string of the molecule is COC1CCN(CC2CC3CCC2N3)C(C)C1. The van der Waals surface area contributed by atoms with Crippen LogP contribution in [0.2, 0.25) is 0 Å². The van der Waals surface area contributed by atoms with Crippen LogP contribution in [0.4, 0.5) is 0 Å². The Hall–Kier alpha value is -0.120. The Morgan fingerprint density at radius 3 is 2.71 bits per heavy atom. The third kappa shape index (κ3) is 2.38. The number of fused-ring (bicyclic) bond motifs is 2. The maximum Gasteiger partial charge on any atom is 0.0598 e. The van der Waals surface area contributed by atoms with E-state index in [4.69, 9.17) is 4.74 Å². The molecule has 2 bridgehead atoms. The molecule has 3 heteroatoms. The van der Waals surface area contributed by atoms with Gasteiger partial charge in [0.25, 0.3) is 0 Å². The van der Waals surface area contributed by atoms with Gasteiger partial charge in [-0.25, -0.2) is 0 Å². The molecule has 1 N–H and O–H groups in total. The van der Waals surface area contributed by atoms with Gasteiger partial charge in [0.15, 0.2) is 0 Å². The van der Waals surface area contributed by atoms with E-state index < -0.39 is 0 Å². The molecule has 5 unspecified atom stereocenters. The highest BCUT2D eigenvalue weighted by Gasteiger charge is 2.40. The molecule has 98 valence electrons. The molecule has 3 saturated heterocycles. The molecule has 3 heterocycles. The number of likely N-dealkylation sites (tertiary alicyclic amines) is 1. The number of hydrogen-bond donors (Lipinski definition) is 1. The summed E-state index contributed by atoms with van der Waals surface area (Å²) < 4.78 is 5.49. The number of hydrogen-bond acceptors (Lipinski definition) is 3. The summed E-state index contributed by atoms with van der Waals surface area (Å²) in [6.45, 7) is 4.91. The fourth-order valence-electron chi connectivity index (χ4n) is 4.10. The molecule has 3 aliphatic rings. The third-order valence-electron chi connectivity index (χ3n) is 5.20. The lowest BCUT2D eigenvalue weighted by atomic mass is 9.87. The summed E-state index contributed by atoms with van der Waals surface area (Å²) in [6.07, 6.45) is 7.18. The molecule has 0 saturated carbocycles. The van der Waals surface area contributed by atoms with Gasteiger partial charge in [-0.15, -0.1) is 0 Å². The van der Waals surface area contributed by atoms with E-state index in [1.54, 1.807) is 0 Å². The van der Waals surface area contributed by atoms with Crippen molar-refractivity contribution in [1.82, 2.24) is 10.2 Å². The lowest BCUT2D eigenvalue weighted by molar-refractivity contribution is 0.00918. The Morgan fingerprint density at radius 2 is 2.12 bits per heavy atom. The Bertz CT molecular complexity index is 271. The molecule has 3 rings (SSSR count). The fraction of sp³-hybridized carbons (Fsp3) is 1.00. The van der Waals surface area contributed by atoms with Gasteiger partial charge in [-0.05, 0) is 44.9 Å². The summed E-state index contributed by atoms with van der Waals surface area (Å²) in [5.41, 5.74) is 0. The zero-order chi connectivity index (χ0) is 11.8. The smallest absolute Gasteiger partial charge is 0.0598 e. The van der Waals surface area contributed by atoms with Crippen LogP contribution in [-0.4, -0.2) is 49.3 Å². The normalized spacial score (nSPS) is 46.6. The van der Waals surface area contributed by atoms with E-state index >= 15 is 0 Å². The first-order valence-corrected chi connectivity index (χ1v) is 7.29. The lowest BCUT2D eigenvalue weighted by Crippen LogP contribution is -2.46. The van der Waals surface area contributed by atoms with Gasteiger partial charge >= 0.3 is 0 Å². The quantitative estimate of drug-likeness (QED) is 0.809. The molecule has 0 radical (unpaired) electrons. The fourth-order valence-corrected chi connectivity index (χ4v) is 4.10. The average molecular weight is 238 g/mol. The number of rotatable bonds is 3. The second-order valence-corrected chi connectivity index (χ2v) is 6.27. The van der Waals surface area contributed by atoms with Crippen LogP contribution in [0.3, 0.4) is 0 Å². The van der Waals surface area contributed by atoms with Crippen molar-refractivity contribution in [1.29, 1.82) is 0 Å². The van der Waals surface area contributed by atoms with Crippen molar-refractivity contribution in [3.05, 3.63) is 0 Å². The van der Waals surface area contributed by atoms with Gasteiger partial charge < -0.3 is 15.0 Å². The van der Waals surface area contributed by atoms with Gasteiger partial charge in [0.2, 0.25) is 0 Å². The minimum atomic E-state index is 0.499. The van der Waals surface area contributed by atoms with Crippen LogP contribution in [-0.2, 0) is 4.74 Å². The lowest BCUT2D eigenvalue weighted by Gasteiger charge is -2.39. The molecule has 3 aliphatic heterocycles. The van der Waals surface area contributed by atoms with Crippen molar-refractivity contribution in [3.63, 3.8) is 0 Å². The number of piperidine rings is 1. The van der Waals surface area contributed by atoms with Crippen LogP contribution in [0.15, 0.2) is 0 Å². The summed E-state index contributed by atoms with van der Waals surface area (Å²) in [4.78, 5) is 2.70. The molecule has 0 aromatic carbocycles. The van der Waals surface area contributed by atoms with E-state index in [9.17, 15) is 0 Å². The van der Waals surface area contributed by atoms with Crippen LogP contribution >= 0.6 is 0 Å². The molecule has 3 nitrogen and oxygen atoms in total. The highest BCUT2D eigenvalue weighted by molar-refractivity contribution is 4.99. The van der Waals surface area contributed by atoms with Crippen LogP contribution in [0, 0.1) is 5.92 Å². The summed E-state index contributed by atoms with van der Waals surface area (Å²) in [7, 11) is 1.85. The van der Waals surface area contributed by atoms with E-state index in [1.165, 1.54) is 45.2 Å². The van der Waals surface area contributed by atoms with Gasteiger partial charge in [-0.1, -0.05) is 0 Å². The van der Waals surface area contributed by atoms with Crippen molar-refractivity contribution in [2.45, 2.75) is 63.3 Å². The zero-order valence-electron chi connectivity index (χ0n) is 11.2. The highest BCUT2D eigenvalue weighted by atomic mass is 16.5. The van der Waals surface area contributed by atoms with Gasteiger partial charge in [0.05, 0.1) is 6.10 Å². The van der Waals surface area contributed by atoms with Crippen molar-refractivity contribution in [3.8, 4) is 0 Å². The summed E-state index contributed by atoms with van der Waals surface area (Å²) in [6, 6.07) is 2.37. The number of nitrogens with one attached hydrogen (secondary N) is 1. The summed E-state index contributed by atoms with van der Waals surface area (Å²) >= 11 is 0. The Kier molecular flexibility index (Phi) is 3.42. The Labute approximate surface area is 105 Å². The van der Waals surface area contributed by atoms with E-state index in [0.717, 1.165) is 18.0 Å². The van der Waals surface area contributed by atoms with Crippen LogP contribution in [0.1, 0.15) is 39.0 Å². The van der Waals surface area contributed by atoms with Gasteiger partial charge in [0.1, 0.15) is 0 Å². The van der Waals surface area contributed by atoms with Crippen molar-refractivity contribution >= 4 is 0 Å². The molecule has 3 fully saturated rings. The first-order chi connectivity index (χ1) is 8.26. The summed E-state index contributed by atoms with van der Waals surface area (Å²) in [5.74, 6) is 0.912. The minimum Gasteiger partial charge on any atom is -0.381 e. The van der Waals surface area contributed by atoms with Gasteiger partial charge in [0, 0.05) is 38.3 Å². The van der Waals surface area contributed by atoms with Crippen molar-refractivity contribution < 1.29 is 4.74 Å². The highest BCUT2D eigenvalue weighted by Crippen LogP contribution is 2.34. The zero-order valence-corrected chi connectivity index (χ0v) is 11.2. The first kappa shape index (κ1) is 11.9. The van der Waals surface area contributed by atoms with Crippen LogP contribution in [0.25, 0.3) is 0 Å². The molecule has 17 heavy (non-hydrogen) atoms. The Balaban J connectivity index is 1.52. The molecule has 0 aromatic heterocycles. The van der Waals surface area contributed by atoms with Crippen LogP contribution < -0.4 is 5.32 Å². The molecular weight excluding hydrogens is 212 g/mol. The number of ether oxygens (including phenoxy) is 1. The molecule has 5 atom stereocenters. The van der Waals surface area contributed by atoms with E-state index in [2.05, 4.69) is 17.1 Å². The molecule has 0 spiro atoms. The van der Waals surface area contributed by atoms with E-state index in [0.29, 0.717) is 12.1 Å². The van der Waals surface area contributed by atoms with E-state index in [1.807, 2.05) is 7.11 Å². The monoisotopic (exact) mass is 238 g/mol. The van der Waals surface area contributed by atoms with E-state index in [-0.39, 0.29) is 0 Å². The molecule has 0 aliphatic carbocycles. The molecular formula is C14H26N2O. The maximum absolute atomic E-state index is 5.49. The number of nitrogens with zero attached hydrogens (tertiary/aromatic N) is 1. The predicted octanol–water partition coefficient (Wildman–Crippen LogP) is 1.63. The predicted molar refractivity (Wildman–Crippen MR) is 69.1 cm³/mol. The largest absolute Gasteiger partial charge is 0.381 e. The van der Waals surface area contributed by atoms with Crippen molar-refractivity contribution in [2.75, 3.05) is 20.2 Å². The van der Waals surface area contributed by atoms with Gasteiger partial charge in [-0.2, -0.15) is 0 Å². The standard InChI is InChI=1S/C14H26N2O/c1-10-7-13(17-2)5-6-16(10)9-11-8-12-3-4-14(11)15-12/h10-15H,3-9H2,1-2H3. The van der Waals surface area contributed by atoms with Gasteiger partial charge in [-0.3, -0.25) is 0 Å². The average Bonchev–Trinajstić information content (AvgIpc) is 2.93. The second kappa shape index (κ2) is 4.87. The first-order valence-electron chi connectivity index (χ1n) is 7.29. The summed E-state index contributed by atoms with van der Waals surface area (Å²) in [5, 5.41) is 3.75. The van der Waals surface area contributed by atoms with Crippen molar-refractivity contribution in [2.24, 2.45) is 5.92 Å². The third-order valence-corrected chi connectivity index (χ3v) is 5.20. The second-order valence-electron chi connectivity index (χ2n) is 6.27. The minimum absolute atomic E-state index is 0.499. The Morgan fingerprint density at radius 1 is 1.24 bits per heavy atom.